The summed E-state index contributed by atoms with van der Waals surface area (Å²) in [4.78, 5) is 11.8. The lowest BCUT2D eigenvalue weighted by molar-refractivity contribution is 0.0941. The molecule has 1 N–H and O–H groups in total. The van der Waals surface area contributed by atoms with Crippen LogP contribution in [-0.4, -0.2) is 33.8 Å². The maximum absolute atomic E-state index is 11.8. The van der Waals surface area contributed by atoms with Crippen molar-refractivity contribution in [2.45, 2.75) is 6.42 Å². The lowest BCUT2D eigenvalue weighted by atomic mass is 9.98. The molecule has 1 aliphatic rings. The van der Waals surface area contributed by atoms with Crippen molar-refractivity contribution in [2.24, 2.45) is 0 Å². The molecule has 17 heavy (non-hydrogen) atoms. The minimum Gasteiger partial charge on any atom is -0.493 e. The van der Waals surface area contributed by atoms with Crippen LogP contribution in [0.15, 0.2) is 6.07 Å². The van der Waals surface area contributed by atoms with Gasteiger partial charge < -0.3 is 19.5 Å². The number of carbonyl (C=O) groups is 1. The van der Waals surface area contributed by atoms with Crippen LogP contribution in [-0.2, 0) is 6.42 Å². The van der Waals surface area contributed by atoms with Gasteiger partial charge in [-0.15, -0.1) is 0 Å². The molecule has 0 spiro atoms. The lowest BCUT2D eigenvalue weighted by Gasteiger charge is -2.22. The zero-order valence-corrected chi connectivity index (χ0v) is 10.1. The maximum Gasteiger partial charge on any atom is 0.255 e. The number of rotatable bonds is 3. The number of benzene rings is 1. The Morgan fingerprint density at radius 1 is 1.12 bits per heavy atom. The lowest BCUT2D eigenvalue weighted by Crippen LogP contribution is -2.32. The molecule has 0 atom stereocenters. The summed E-state index contributed by atoms with van der Waals surface area (Å²) in [6.45, 7) is 0.629. The van der Waals surface area contributed by atoms with Crippen molar-refractivity contribution in [1.29, 1.82) is 0 Å². The van der Waals surface area contributed by atoms with Gasteiger partial charge in [0.1, 0.15) is 0 Å². The van der Waals surface area contributed by atoms with E-state index in [2.05, 4.69) is 5.32 Å². The summed E-state index contributed by atoms with van der Waals surface area (Å²) in [5.41, 5.74) is 1.46. The number of amides is 1. The molecule has 0 bridgehead atoms. The highest BCUT2D eigenvalue weighted by molar-refractivity contribution is 6.00. The number of nitrogens with one attached hydrogen (secondary N) is 1. The summed E-state index contributed by atoms with van der Waals surface area (Å²) < 4.78 is 15.8. The molecule has 0 unspecified atom stereocenters. The number of fused-ring (bicyclic) bond motifs is 1. The summed E-state index contributed by atoms with van der Waals surface area (Å²) in [6, 6.07) is 1.83. The van der Waals surface area contributed by atoms with Gasteiger partial charge in [0, 0.05) is 6.54 Å². The Hall–Kier alpha value is -1.91. The normalized spacial score (nSPS) is 13.7. The van der Waals surface area contributed by atoms with Gasteiger partial charge in [0.2, 0.25) is 5.75 Å². The molecule has 0 saturated carbocycles. The first-order chi connectivity index (χ1) is 8.22. The fraction of sp³-hybridized carbons (Fsp3) is 0.417. The third-order valence-electron chi connectivity index (χ3n) is 2.82. The van der Waals surface area contributed by atoms with Gasteiger partial charge in [0.05, 0.1) is 26.9 Å². The highest BCUT2D eigenvalue weighted by atomic mass is 16.5. The van der Waals surface area contributed by atoms with Crippen LogP contribution in [0.4, 0.5) is 0 Å². The summed E-state index contributed by atoms with van der Waals surface area (Å²) in [5.74, 6) is 1.33. The van der Waals surface area contributed by atoms with E-state index in [1.165, 1.54) is 14.2 Å². The maximum atomic E-state index is 11.8. The van der Waals surface area contributed by atoms with Crippen molar-refractivity contribution in [1.82, 2.24) is 5.32 Å². The van der Waals surface area contributed by atoms with Crippen LogP contribution in [0.1, 0.15) is 15.9 Å². The zero-order valence-electron chi connectivity index (χ0n) is 10.1. The molecule has 5 heteroatoms. The van der Waals surface area contributed by atoms with E-state index in [0.717, 1.165) is 12.0 Å². The number of hydrogen-bond acceptors (Lipinski definition) is 4. The number of carbonyl (C=O) groups excluding carboxylic acids is 1. The SMILES string of the molecule is COc1cc2c(c(OC)c1OC)C(=O)NCC2. The summed E-state index contributed by atoms with van der Waals surface area (Å²) in [7, 11) is 4.60. The van der Waals surface area contributed by atoms with Crippen LogP contribution in [0.25, 0.3) is 0 Å². The van der Waals surface area contributed by atoms with Crippen LogP contribution in [0.5, 0.6) is 17.2 Å². The number of ether oxygens (including phenoxy) is 3. The highest BCUT2D eigenvalue weighted by Gasteiger charge is 2.27. The molecule has 0 fully saturated rings. The summed E-state index contributed by atoms with van der Waals surface area (Å²) >= 11 is 0. The second-order valence-corrected chi connectivity index (χ2v) is 3.69. The number of methoxy groups -OCH3 is 3. The molecule has 1 aromatic carbocycles. The Morgan fingerprint density at radius 2 is 1.82 bits per heavy atom. The molecule has 1 amide bonds. The van der Waals surface area contributed by atoms with Gasteiger partial charge in [0.15, 0.2) is 11.5 Å². The molecule has 2 rings (SSSR count). The average Bonchev–Trinajstić information content (AvgIpc) is 2.36. The summed E-state index contributed by atoms with van der Waals surface area (Å²) in [6.07, 6.45) is 0.762. The van der Waals surface area contributed by atoms with Crippen LogP contribution in [0.3, 0.4) is 0 Å². The van der Waals surface area contributed by atoms with Crippen molar-refractivity contribution in [2.75, 3.05) is 27.9 Å². The van der Waals surface area contributed by atoms with Crippen LogP contribution < -0.4 is 19.5 Å². The predicted octanol–water partition coefficient (Wildman–Crippen LogP) is 0.998. The standard InChI is InChI=1S/C12H15NO4/c1-15-8-6-7-4-5-13-12(14)9(7)11(17-3)10(8)16-2/h6H,4-5H2,1-3H3,(H,13,14). The third-order valence-corrected chi connectivity index (χ3v) is 2.82. The third kappa shape index (κ3) is 1.77. The van der Waals surface area contributed by atoms with Crippen LogP contribution >= 0.6 is 0 Å². The fourth-order valence-electron chi connectivity index (χ4n) is 2.05. The van der Waals surface area contributed by atoms with Gasteiger partial charge in [-0.05, 0) is 18.1 Å². The molecule has 5 nitrogen and oxygen atoms in total. The van der Waals surface area contributed by atoms with Crippen molar-refractivity contribution in [3.63, 3.8) is 0 Å². The van der Waals surface area contributed by atoms with Gasteiger partial charge in [-0.25, -0.2) is 0 Å². The Bertz CT molecular complexity index is 456. The predicted molar refractivity (Wildman–Crippen MR) is 62.1 cm³/mol. The fourth-order valence-corrected chi connectivity index (χ4v) is 2.05. The van der Waals surface area contributed by atoms with Crippen LogP contribution in [0.2, 0.25) is 0 Å². The molecule has 0 radical (unpaired) electrons. The van der Waals surface area contributed by atoms with E-state index in [1.807, 2.05) is 6.07 Å². The molecular formula is C12H15NO4. The van der Waals surface area contributed by atoms with Crippen molar-refractivity contribution in [3.05, 3.63) is 17.2 Å². The molecule has 1 heterocycles. The largest absolute Gasteiger partial charge is 0.493 e. The molecular weight excluding hydrogens is 222 g/mol. The first-order valence-electron chi connectivity index (χ1n) is 5.33. The van der Waals surface area contributed by atoms with E-state index in [1.54, 1.807) is 7.11 Å². The molecule has 0 aliphatic carbocycles. The minimum absolute atomic E-state index is 0.135. The topological polar surface area (TPSA) is 56.8 Å². The zero-order chi connectivity index (χ0) is 12.4. The molecule has 0 aromatic heterocycles. The molecule has 1 aromatic rings. The second kappa shape index (κ2) is 4.53. The van der Waals surface area contributed by atoms with Crippen LogP contribution in [0, 0.1) is 0 Å². The average molecular weight is 237 g/mol. The Morgan fingerprint density at radius 3 is 2.41 bits per heavy atom. The van der Waals surface area contributed by atoms with E-state index in [-0.39, 0.29) is 5.91 Å². The van der Waals surface area contributed by atoms with E-state index in [4.69, 9.17) is 14.2 Å². The quantitative estimate of drug-likeness (QED) is 0.852. The van der Waals surface area contributed by atoms with Gasteiger partial charge in [-0.1, -0.05) is 0 Å². The van der Waals surface area contributed by atoms with Crippen molar-refractivity contribution < 1.29 is 19.0 Å². The Labute approximate surface area is 99.7 Å². The molecule has 92 valence electrons. The van der Waals surface area contributed by atoms with Gasteiger partial charge in [-0.3, -0.25) is 4.79 Å². The molecule has 0 saturated heterocycles. The first-order valence-corrected chi connectivity index (χ1v) is 5.33. The molecule has 1 aliphatic heterocycles. The van der Waals surface area contributed by atoms with Gasteiger partial charge in [-0.2, -0.15) is 0 Å². The minimum atomic E-state index is -0.135. The highest BCUT2D eigenvalue weighted by Crippen LogP contribution is 2.42. The Balaban J connectivity index is 2.69. The van der Waals surface area contributed by atoms with E-state index < -0.39 is 0 Å². The first kappa shape index (κ1) is 11.6. The smallest absolute Gasteiger partial charge is 0.255 e. The van der Waals surface area contributed by atoms with Crippen molar-refractivity contribution >= 4 is 5.91 Å². The number of hydrogen-bond donors (Lipinski definition) is 1. The van der Waals surface area contributed by atoms with E-state index in [0.29, 0.717) is 29.4 Å². The van der Waals surface area contributed by atoms with Crippen molar-refractivity contribution in [3.8, 4) is 17.2 Å². The van der Waals surface area contributed by atoms with E-state index in [9.17, 15) is 4.79 Å². The van der Waals surface area contributed by atoms with Gasteiger partial charge in [0.25, 0.3) is 5.91 Å². The second-order valence-electron chi connectivity index (χ2n) is 3.69. The monoisotopic (exact) mass is 237 g/mol. The summed E-state index contributed by atoms with van der Waals surface area (Å²) in [5, 5.41) is 2.79. The Kier molecular flexibility index (Phi) is 3.08. The van der Waals surface area contributed by atoms with Gasteiger partial charge >= 0.3 is 0 Å². The van der Waals surface area contributed by atoms with E-state index >= 15 is 0 Å².